The lowest BCUT2D eigenvalue weighted by Gasteiger charge is -2.29. The van der Waals surface area contributed by atoms with Crippen molar-refractivity contribution in [3.63, 3.8) is 0 Å². The number of hydrogen-bond donors (Lipinski definition) is 2. The van der Waals surface area contributed by atoms with Crippen LogP contribution in [0, 0.1) is 0 Å². The Morgan fingerprint density at radius 2 is 1.75 bits per heavy atom. The fourth-order valence-electron chi connectivity index (χ4n) is 1.82. The van der Waals surface area contributed by atoms with Gasteiger partial charge in [0.2, 0.25) is 0 Å². The van der Waals surface area contributed by atoms with Gasteiger partial charge >= 0.3 is 27.3 Å². The summed E-state index contributed by atoms with van der Waals surface area (Å²) in [7, 11) is -6.41. The molecule has 0 bridgehead atoms. The van der Waals surface area contributed by atoms with E-state index in [9.17, 15) is 35.9 Å². The van der Waals surface area contributed by atoms with E-state index < -0.39 is 39.5 Å². The Morgan fingerprint density at radius 3 is 2.15 bits per heavy atom. The summed E-state index contributed by atoms with van der Waals surface area (Å²) in [6.45, 7) is 0. The van der Waals surface area contributed by atoms with Gasteiger partial charge in [0.1, 0.15) is 6.10 Å². The van der Waals surface area contributed by atoms with Crippen LogP contribution in [0.3, 0.4) is 0 Å². The summed E-state index contributed by atoms with van der Waals surface area (Å²) >= 11 is 0. The predicted octanol–water partition coefficient (Wildman–Crippen LogP) is 0.949. The van der Waals surface area contributed by atoms with E-state index in [-0.39, 0.29) is 12.8 Å². The predicted molar refractivity (Wildman–Crippen MR) is 55.8 cm³/mol. The van der Waals surface area contributed by atoms with E-state index in [1.165, 1.54) is 0 Å². The van der Waals surface area contributed by atoms with Crippen molar-refractivity contribution in [1.82, 2.24) is 0 Å². The smallest absolute Gasteiger partial charge is 0.451 e. The van der Waals surface area contributed by atoms with Crippen molar-refractivity contribution in [2.24, 2.45) is 0 Å². The highest BCUT2D eigenvalue weighted by molar-refractivity contribution is 7.88. The van der Waals surface area contributed by atoms with Gasteiger partial charge in [-0.3, -0.25) is 4.55 Å². The lowest BCUT2D eigenvalue weighted by atomic mass is 9.95. The summed E-state index contributed by atoms with van der Waals surface area (Å²) in [5.41, 5.74) is 0. The number of carbonyl (C=O) groups excluding carboxylic acids is 1. The molecule has 0 aromatic rings. The van der Waals surface area contributed by atoms with Crippen molar-refractivity contribution in [2.45, 2.75) is 49.1 Å². The van der Waals surface area contributed by atoms with Crippen LogP contribution >= 0.6 is 0 Å². The van der Waals surface area contributed by atoms with Crippen molar-refractivity contribution < 1.29 is 45.2 Å². The van der Waals surface area contributed by atoms with E-state index in [0.717, 1.165) is 0 Å². The number of alkyl halides is 4. The molecule has 20 heavy (non-hydrogen) atoms. The van der Waals surface area contributed by atoms with Crippen LogP contribution in [0.4, 0.5) is 17.6 Å². The van der Waals surface area contributed by atoms with Gasteiger partial charge in [-0.15, -0.1) is 0 Å². The zero-order valence-corrected chi connectivity index (χ0v) is 10.7. The Bertz CT molecular complexity index is 475. The first-order valence-electron chi connectivity index (χ1n) is 5.51. The number of aliphatic hydroxyl groups excluding tert-OH is 1. The number of rotatable bonds is 3. The third-order valence-electron chi connectivity index (χ3n) is 2.85. The molecule has 0 heterocycles. The Balaban J connectivity index is 2.97. The maximum atomic E-state index is 13.6. The van der Waals surface area contributed by atoms with E-state index in [0.29, 0.717) is 12.8 Å². The highest BCUT2D eigenvalue weighted by Crippen LogP contribution is 2.40. The first-order chi connectivity index (χ1) is 8.89. The molecule has 1 saturated carbocycles. The van der Waals surface area contributed by atoms with Gasteiger partial charge in [-0.2, -0.15) is 21.6 Å². The Hall–Kier alpha value is -0.940. The standard InChI is InChI=1S/C9H12F4O6S/c10-8(9(11,12)13,20(16,17)18)7(15)19-6-3-1-2-5(14)4-6/h5-6,14H,1-4H2,(H,16,17,18). The van der Waals surface area contributed by atoms with E-state index in [1.54, 1.807) is 0 Å². The quantitative estimate of drug-likeness (QED) is 0.455. The molecule has 0 saturated heterocycles. The van der Waals surface area contributed by atoms with E-state index in [2.05, 4.69) is 4.74 Å². The molecular weight excluding hydrogens is 312 g/mol. The molecule has 0 radical (unpaired) electrons. The number of carbonyl (C=O) groups is 1. The molecule has 1 aliphatic rings. The van der Waals surface area contributed by atoms with Gasteiger partial charge in [-0.1, -0.05) is 0 Å². The normalized spacial score (nSPS) is 27.7. The van der Waals surface area contributed by atoms with Crippen LogP contribution in [-0.4, -0.2) is 47.4 Å². The second kappa shape index (κ2) is 5.45. The molecule has 11 heteroatoms. The number of halogens is 4. The summed E-state index contributed by atoms with van der Waals surface area (Å²) in [6.07, 6.45) is -7.89. The topological polar surface area (TPSA) is 101 Å². The minimum absolute atomic E-state index is 0.0578. The Kier molecular flexibility index (Phi) is 4.66. The molecule has 1 rings (SSSR count). The molecule has 1 aliphatic carbocycles. The number of hydrogen-bond acceptors (Lipinski definition) is 5. The molecule has 0 spiro atoms. The van der Waals surface area contributed by atoms with Crippen LogP contribution in [0.5, 0.6) is 0 Å². The fraction of sp³-hybridized carbons (Fsp3) is 0.889. The molecule has 3 atom stereocenters. The van der Waals surface area contributed by atoms with Crippen molar-refractivity contribution in [2.75, 3.05) is 0 Å². The van der Waals surface area contributed by atoms with Crippen LogP contribution in [0.25, 0.3) is 0 Å². The van der Waals surface area contributed by atoms with Crippen LogP contribution in [0.1, 0.15) is 25.7 Å². The SMILES string of the molecule is O=C(OC1CCCC(O)C1)C(F)(C(F)(F)F)S(=O)(=O)O. The van der Waals surface area contributed by atoms with Gasteiger partial charge in [0.05, 0.1) is 6.10 Å². The van der Waals surface area contributed by atoms with Gasteiger partial charge in [0.15, 0.2) is 0 Å². The van der Waals surface area contributed by atoms with E-state index in [4.69, 9.17) is 4.55 Å². The molecule has 0 aromatic heterocycles. The summed E-state index contributed by atoms with van der Waals surface area (Å²) in [6, 6.07) is 0. The minimum Gasteiger partial charge on any atom is -0.459 e. The van der Waals surface area contributed by atoms with Gasteiger partial charge in [-0.05, 0) is 19.3 Å². The summed E-state index contributed by atoms with van der Waals surface area (Å²) < 4.78 is 84.4. The number of ether oxygens (including phenoxy) is 1. The molecule has 2 N–H and O–H groups in total. The maximum absolute atomic E-state index is 13.6. The first-order valence-corrected chi connectivity index (χ1v) is 6.95. The lowest BCUT2D eigenvalue weighted by Crippen LogP contribution is -2.55. The zero-order chi connectivity index (χ0) is 15.8. The molecule has 0 amide bonds. The van der Waals surface area contributed by atoms with Crippen LogP contribution in [-0.2, 0) is 19.6 Å². The number of aliphatic hydroxyl groups is 1. The summed E-state index contributed by atoms with van der Waals surface area (Å²) in [4.78, 5) is 11.2. The highest BCUT2D eigenvalue weighted by Gasteiger charge is 2.73. The molecule has 0 aliphatic heterocycles. The average molecular weight is 324 g/mol. The Labute approximate surface area is 111 Å². The van der Waals surface area contributed by atoms with E-state index >= 15 is 0 Å². The fourth-order valence-corrected chi connectivity index (χ4v) is 2.37. The van der Waals surface area contributed by atoms with Gasteiger partial charge in [0, 0.05) is 6.42 Å². The average Bonchev–Trinajstić information content (AvgIpc) is 2.24. The van der Waals surface area contributed by atoms with Crippen LogP contribution in [0.2, 0.25) is 0 Å². The minimum atomic E-state index is -6.41. The summed E-state index contributed by atoms with van der Waals surface area (Å²) in [5.74, 6) is -2.76. The summed E-state index contributed by atoms with van der Waals surface area (Å²) in [5, 5.41) is 3.70. The third-order valence-corrected chi connectivity index (χ3v) is 3.96. The second-order valence-electron chi connectivity index (χ2n) is 4.42. The van der Waals surface area contributed by atoms with Crippen molar-refractivity contribution in [3.8, 4) is 0 Å². The molecule has 0 aromatic carbocycles. The van der Waals surface area contributed by atoms with Crippen LogP contribution in [0.15, 0.2) is 0 Å². The zero-order valence-electron chi connectivity index (χ0n) is 9.93. The Morgan fingerprint density at radius 1 is 1.20 bits per heavy atom. The van der Waals surface area contributed by atoms with E-state index in [1.807, 2.05) is 0 Å². The maximum Gasteiger partial charge on any atom is 0.451 e. The lowest BCUT2D eigenvalue weighted by molar-refractivity contribution is -0.219. The second-order valence-corrected chi connectivity index (χ2v) is 5.93. The van der Waals surface area contributed by atoms with Crippen LogP contribution < -0.4 is 0 Å². The van der Waals surface area contributed by atoms with Gasteiger partial charge < -0.3 is 9.84 Å². The largest absolute Gasteiger partial charge is 0.459 e. The monoisotopic (exact) mass is 324 g/mol. The first kappa shape index (κ1) is 17.1. The molecule has 1 fully saturated rings. The van der Waals surface area contributed by atoms with Gasteiger partial charge in [-0.25, -0.2) is 9.18 Å². The molecule has 6 nitrogen and oxygen atoms in total. The molecule has 3 unspecified atom stereocenters. The highest BCUT2D eigenvalue weighted by atomic mass is 32.2. The third kappa shape index (κ3) is 3.20. The van der Waals surface area contributed by atoms with Gasteiger partial charge in [0.25, 0.3) is 0 Å². The van der Waals surface area contributed by atoms with Crippen molar-refractivity contribution >= 4 is 16.1 Å². The number of esters is 1. The molecular formula is C9H12F4O6S. The van der Waals surface area contributed by atoms with Crippen molar-refractivity contribution in [1.29, 1.82) is 0 Å². The molecule has 118 valence electrons. The van der Waals surface area contributed by atoms with Crippen molar-refractivity contribution in [3.05, 3.63) is 0 Å².